The summed E-state index contributed by atoms with van der Waals surface area (Å²) in [5.74, 6) is 1.01. The Morgan fingerprint density at radius 3 is 2.62 bits per heavy atom. The van der Waals surface area contributed by atoms with E-state index in [-0.39, 0.29) is 6.79 Å². The van der Waals surface area contributed by atoms with Gasteiger partial charge in [-0.15, -0.1) is 0 Å². The van der Waals surface area contributed by atoms with E-state index in [1.165, 1.54) is 6.92 Å². The molecule has 0 radical (unpaired) electrons. The van der Waals surface area contributed by atoms with Gasteiger partial charge in [-0.2, -0.15) is 0 Å². The SMILES string of the molecule is CC(F)c1cc2c(c(C(C)(C)O)c1)OCO2. The van der Waals surface area contributed by atoms with Crippen LogP contribution in [0.4, 0.5) is 4.39 Å². The van der Waals surface area contributed by atoms with Crippen LogP contribution in [0.5, 0.6) is 11.5 Å². The van der Waals surface area contributed by atoms with Crippen LogP contribution in [0.15, 0.2) is 12.1 Å². The first-order valence-electron chi connectivity index (χ1n) is 5.20. The summed E-state index contributed by atoms with van der Waals surface area (Å²) in [7, 11) is 0. The van der Waals surface area contributed by atoms with E-state index in [9.17, 15) is 9.50 Å². The molecular formula is C12H15FO3. The highest BCUT2D eigenvalue weighted by Gasteiger charge is 2.28. The van der Waals surface area contributed by atoms with Crippen LogP contribution in [0.3, 0.4) is 0 Å². The van der Waals surface area contributed by atoms with Crippen molar-refractivity contribution >= 4 is 0 Å². The lowest BCUT2D eigenvalue weighted by molar-refractivity contribution is 0.0742. The molecule has 1 aromatic rings. The highest BCUT2D eigenvalue weighted by molar-refractivity contribution is 5.53. The number of halogens is 1. The minimum absolute atomic E-state index is 0.114. The van der Waals surface area contributed by atoms with E-state index >= 15 is 0 Å². The van der Waals surface area contributed by atoms with Crippen molar-refractivity contribution in [3.05, 3.63) is 23.3 Å². The maximum atomic E-state index is 13.3. The lowest BCUT2D eigenvalue weighted by atomic mass is 9.94. The molecular weight excluding hydrogens is 211 g/mol. The second-order valence-corrected chi connectivity index (χ2v) is 4.48. The van der Waals surface area contributed by atoms with Crippen LogP contribution in [0.2, 0.25) is 0 Å². The van der Waals surface area contributed by atoms with Crippen molar-refractivity contribution in [2.24, 2.45) is 0 Å². The van der Waals surface area contributed by atoms with Gasteiger partial charge in [0.25, 0.3) is 0 Å². The van der Waals surface area contributed by atoms with E-state index in [4.69, 9.17) is 9.47 Å². The number of aliphatic hydroxyl groups is 1. The van der Waals surface area contributed by atoms with Crippen LogP contribution in [0.1, 0.15) is 38.1 Å². The molecule has 1 aromatic carbocycles. The minimum atomic E-state index is -1.10. The summed E-state index contributed by atoms with van der Waals surface area (Å²) in [5, 5.41) is 10.0. The quantitative estimate of drug-likeness (QED) is 0.842. The summed E-state index contributed by atoms with van der Waals surface area (Å²) in [4.78, 5) is 0. The Morgan fingerprint density at radius 2 is 2.06 bits per heavy atom. The molecule has 0 fully saturated rings. The molecule has 0 aliphatic carbocycles. The predicted octanol–water partition coefficient (Wildman–Crippen LogP) is 2.67. The van der Waals surface area contributed by atoms with Gasteiger partial charge >= 0.3 is 0 Å². The predicted molar refractivity (Wildman–Crippen MR) is 57.3 cm³/mol. The smallest absolute Gasteiger partial charge is 0.231 e. The van der Waals surface area contributed by atoms with Crippen LogP contribution in [-0.4, -0.2) is 11.9 Å². The zero-order valence-corrected chi connectivity index (χ0v) is 9.58. The number of fused-ring (bicyclic) bond motifs is 1. The average molecular weight is 226 g/mol. The summed E-state index contributed by atoms with van der Waals surface area (Å²) in [6.45, 7) is 4.84. The van der Waals surface area contributed by atoms with Gasteiger partial charge in [-0.1, -0.05) is 0 Å². The largest absolute Gasteiger partial charge is 0.454 e. The highest BCUT2D eigenvalue weighted by atomic mass is 19.1. The molecule has 1 aliphatic heterocycles. The molecule has 0 spiro atoms. The molecule has 3 nitrogen and oxygen atoms in total. The Morgan fingerprint density at radius 1 is 1.38 bits per heavy atom. The van der Waals surface area contributed by atoms with Crippen LogP contribution in [-0.2, 0) is 5.60 Å². The monoisotopic (exact) mass is 226 g/mol. The second-order valence-electron chi connectivity index (χ2n) is 4.48. The molecule has 1 aliphatic rings. The number of benzene rings is 1. The van der Waals surface area contributed by atoms with E-state index in [1.54, 1.807) is 26.0 Å². The maximum absolute atomic E-state index is 13.3. The standard InChI is InChI=1S/C12H15FO3/c1-7(13)8-4-9(12(2,3)14)11-10(5-8)15-6-16-11/h4-5,7,14H,6H2,1-3H3. The van der Waals surface area contributed by atoms with Crippen molar-refractivity contribution in [2.75, 3.05) is 6.79 Å². The van der Waals surface area contributed by atoms with Gasteiger partial charge in [0.1, 0.15) is 6.17 Å². The van der Waals surface area contributed by atoms with Gasteiger partial charge in [-0.3, -0.25) is 0 Å². The first-order chi connectivity index (χ1) is 7.39. The lowest BCUT2D eigenvalue weighted by Crippen LogP contribution is -2.16. The third-order valence-corrected chi connectivity index (χ3v) is 2.61. The average Bonchev–Trinajstić information content (AvgIpc) is 2.61. The van der Waals surface area contributed by atoms with Crippen molar-refractivity contribution < 1.29 is 19.0 Å². The lowest BCUT2D eigenvalue weighted by Gasteiger charge is -2.21. The number of hydrogen-bond donors (Lipinski definition) is 1. The molecule has 1 N–H and O–H groups in total. The number of hydrogen-bond acceptors (Lipinski definition) is 3. The van der Waals surface area contributed by atoms with E-state index in [2.05, 4.69) is 0 Å². The zero-order chi connectivity index (χ0) is 11.9. The Labute approximate surface area is 93.8 Å². The van der Waals surface area contributed by atoms with Crippen LogP contribution < -0.4 is 9.47 Å². The third kappa shape index (κ3) is 1.85. The van der Waals surface area contributed by atoms with Gasteiger partial charge in [0, 0.05) is 5.56 Å². The fourth-order valence-electron chi connectivity index (χ4n) is 1.72. The van der Waals surface area contributed by atoms with Gasteiger partial charge in [-0.05, 0) is 38.5 Å². The van der Waals surface area contributed by atoms with Crippen molar-refractivity contribution in [2.45, 2.75) is 32.5 Å². The van der Waals surface area contributed by atoms with Gasteiger partial charge < -0.3 is 14.6 Å². The Balaban J connectivity index is 2.58. The van der Waals surface area contributed by atoms with E-state index in [1.807, 2.05) is 0 Å². The fourth-order valence-corrected chi connectivity index (χ4v) is 1.72. The molecule has 1 unspecified atom stereocenters. The summed E-state index contributed by atoms with van der Waals surface area (Å²) < 4.78 is 23.8. The maximum Gasteiger partial charge on any atom is 0.231 e. The Hall–Kier alpha value is -1.29. The Kier molecular flexibility index (Phi) is 2.54. The van der Waals surface area contributed by atoms with Crippen LogP contribution in [0.25, 0.3) is 0 Å². The summed E-state index contributed by atoms with van der Waals surface area (Å²) in [6, 6.07) is 3.24. The van der Waals surface area contributed by atoms with Gasteiger partial charge in [0.05, 0.1) is 5.60 Å². The molecule has 1 atom stereocenters. The van der Waals surface area contributed by atoms with Gasteiger partial charge in [0.2, 0.25) is 6.79 Å². The van der Waals surface area contributed by atoms with Crippen molar-refractivity contribution in [3.8, 4) is 11.5 Å². The van der Waals surface area contributed by atoms with Gasteiger partial charge in [-0.25, -0.2) is 4.39 Å². The summed E-state index contributed by atoms with van der Waals surface area (Å²) >= 11 is 0. The highest BCUT2D eigenvalue weighted by Crippen LogP contribution is 2.43. The third-order valence-electron chi connectivity index (χ3n) is 2.61. The van der Waals surface area contributed by atoms with E-state index < -0.39 is 11.8 Å². The van der Waals surface area contributed by atoms with Crippen LogP contribution in [0, 0.1) is 0 Å². The molecule has 16 heavy (non-hydrogen) atoms. The Bertz CT molecular complexity index is 407. The molecule has 0 aromatic heterocycles. The van der Waals surface area contributed by atoms with Crippen molar-refractivity contribution in [1.29, 1.82) is 0 Å². The number of ether oxygens (including phenoxy) is 2. The van der Waals surface area contributed by atoms with Crippen molar-refractivity contribution in [3.63, 3.8) is 0 Å². The summed E-state index contributed by atoms with van der Waals surface area (Å²) in [6.07, 6.45) is -1.10. The normalized spacial score (nSPS) is 16.3. The molecule has 0 bridgehead atoms. The van der Waals surface area contributed by atoms with Crippen molar-refractivity contribution in [1.82, 2.24) is 0 Å². The fraction of sp³-hybridized carbons (Fsp3) is 0.500. The molecule has 0 saturated carbocycles. The molecule has 2 rings (SSSR count). The van der Waals surface area contributed by atoms with E-state index in [0.29, 0.717) is 22.6 Å². The summed E-state index contributed by atoms with van der Waals surface area (Å²) in [5.41, 5.74) is -0.0359. The topological polar surface area (TPSA) is 38.7 Å². The molecule has 0 saturated heterocycles. The van der Waals surface area contributed by atoms with E-state index in [0.717, 1.165) is 0 Å². The molecule has 1 heterocycles. The first-order valence-corrected chi connectivity index (χ1v) is 5.20. The second kappa shape index (κ2) is 3.63. The molecule has 4 heteroatoms. The van der Waals surface area contributed by atoms with Gasteiger partial charge in [0.15, 0.2) is 11.5 Å². The minimum Gasteiger partial charge on any atom is -0.454 e. The van der Waals surface area contributed by atoms with Crippen LogP contribution >= 0.6 is 0 Å². The molecule has 0 amide bonds. The first kappa shape index (κ1) is 11.2. The number of alkyl halides is 1. The number of rotatable bonds is 2. The zero-order valence-electron chi connectivity index (χ0n) is 9.58. The molecule has 88 valence electrons.